The van der Waals surface area contributed by atoms with Gasteiger partial charge in [0, 0.05) is 49.6 Å². The summed E-state index contributed by atoms with van der Waals surface area (Å²) in [6.07, 6.45) is 2.17. The summed E-state index contributed by atoms with van der Waals surface area (Å²) in [6, 6.07) is 10.3. The van der Waals surface area contributed by atoms with Crippen molar-refractivity contribution in [2.24, 2.45) is 0 Å². The summed E-state index contributed by atoms with van der Waals surface area (Å²) in [5.41, 5.74) is 1.79. The third-order valence-electron chi connectivity index (χ3n) is 4.28. The number of alkyl halides is 1. The Kier molecular flexibility index (Phi) is 16.8. The fourth-order valence-corrected chi connectivity index (χ4v) is 7.20. The average Bonchev–Trinajstić information content (AvgIpc) is 3.22. The van der Waals surface area contributed by atoms with Crippen LogP contribution in [0.15, 0.2) is 51.9 Å². The second-order valence-electron chi connectivity index (χ2n) is 6.78. The summed E-state index contributed by atoms with van der Waals surface area (Å²) < 4.78 is 22.5. The minimum Gasteiger partial charge on any atom is -0.445 e. The Morgan fingerprint density at radius 1 is 1.12 bits per heavy atom. The van der Waals surface area contributed by atoms with Gasteiger partial charge in [-0.1, -0.05) is 62.2 Å². The highest BCUT2D eigenvalue weighted by atomic mass is 79.9. The van der Waals surface area contributed by atoms with E-state index in [0.717, 1.165) is 16.0 Å². The molecule has 1 heterocycles. The Morgan fingerprint density at radius 3 is 2.21 bits per heavy atom. The molecule has 0 spiro atoms. The van der Waals surface area contributed by atoms with Crippen LogP contribution in [-0.4, -0.2) is 51.7 Å². The lowest BCUT2D eigenvalue weighted by atomic mass is 10.2. The molecule has 0 fully saturated rings. The van der Waals surface area contributed by atoms with Gasteiger partial charge in [0.05, 0.1) is 0 Å². The van der Waals surface area contributed by atoms with Crippen LogP contribution >= 0.6 is 43.6 Å². The van der Waals surface area contributed by atoms with Crippen molar-refractivity contribution >= 4 is 63.6 Å². The standard InChI is InChI=1S/C17H29NO5Si.C6H4Br2OS.H2/c1-4-21-24(22-5-2,23-6-3)14-10-13-18-17(19)20-15-16-11-8-7-9-12-16;7-2-4-1-5(3-8)10-6(4)9;/h7-9,11-12H,4-6,10,13-15H2,1-3H3,(H,18,19);1,3H,2H2;1H/b;5-3-;/i;;1+1. The molecule has 11 heteroatoms. The number of halogens is 2. The lowest BCUT2D eigenvalue weighted by molar-refractivity contribution is -0.107. The van der Waals surface area contributed by atoms with Gasteiger partial charge in [0.2, 0.25) is 5.12 Å². The number of ether oxygens (including phenoxy) is 1. The zero-order chi connectivity index (χ0) is 25.2. The predicted octanol–water partition coefficient (Wildman–Crippen LogP) is 6.41. The second kappa shape index (κ2) is 18.3. The Balaban J connectivity index is 0.000000878. The molecule has 0 saturated carbocycles. The third-order valence-corrected chi connectivity index (χ3v) is 9.75. The summed E-state index contributed by atoms with van der Waals surface area (Å²) in [5.74, 6) is 0. The molecule has 192 valence electrons. The van der Waals surface area contributed by atoms with Gasteiger partial charge in [-0.15, -0.1) is 0 Å². The number of thioether (sulfide) groups is 1. The maximum atomic E-state index is 11.7. The molecule has 0 unspecified atom stereocenters. The van der Waals surface area contributed by atoms with Gasteiger partial charge in [-0.2, -0.15) is 0 Å². The number of nitrogens with one attached hydrogen (secondary N) is 1. The first-order valence-electron chi connectivity index (χ1n) is 11.1. The highest BCUT2D eigenvalue weighted by molar-refractivity contribution is 9.11. The highest BCUT2D eigenvalue weighted by Gasteiger charge is 2.39. The molecule has 2 rings (SSSR count). The number of allylic oxidation sites excluding steroid dienone is 1. The van der Waals surface area contributed by atoms with Crippen molar-refractivity contribution in [2.45, 2.75) is 39.8 Å². The normalized spacial score (nSPS) is 14.4. The minimum atomic E-state index is -2.63. The number of carbonyl (C=O) groups excluding carboxylic acids is 2. The number of hydrogen-bond donors (Lipinski definition) is 1. The molecule has 0 aliphatic carbocycles. The zero-order valence-electron chi connectivity index (χ0n) is 19.8. The van der Waals surface area contributed by atoms with E-state index in [4.69, 9.17) is 18.0 Å². The predicted molar refractivity (Wildman–Crippen MR) is 148 cm³/mol. The molecule has 1 aliphatic rings. The average molecular weight is 643 g/mol. The van der Waals surface area contributed by atoms with E-state index in [1.165, 1.54) is 11.8 Å². The molecule has 7 nitrogen and oxygen atoms in total. The minimum absolute atomic E-state index is 0. The molecule has 1 N–H and O–H groups in total. The fourth-order valence-electron chi connectivity index (χ4n) is 2.85. The van der Waals surface area contributed by atoms with E-state index < -0.39 is 14.9 Å². The van der Waals surface area contributed by atoms with Crippen molar-refractivity contribution < 1.29 is 29.0 Å². The van der Waals surface area contributed by atoms with Gasteiger partial charge in [-0.25, -0.2) is 4.79 Å². The van der Waals surface area contributed by atoms with Crippen LogP contribution in [0.2, 0.25) is 6.04 Å². The van der Waals surface area contributed by atoms with Crippen LogP contribution in [0.4, 0.5) is 4.79 Å². The number of benzene rings is 1. The Morgan fingerprint density at radius 2 is 1.74 bits per heavy atom. The SMILES string of the molecule is CCO[Si](CCCNC(=O)OCc1ccccc1)(OCC)OCC.O=C1S/C(=C\Br)C=C1CBr.[2HH]. The Bertz CT molecular complexity index is 799. The van der Waals surface area contributed by atoms with E-state index in [0.29, 0.717) is 44.2 Å². The monoisotopic (exact) mass is 640 g/mol. The number of amides is 1. The van der Waals surface area contributed by atoms with Crippen molar-refractivity contribution in [3.8, 4) is 0 Å². The number of rotatable bonds is 13. The van der Waals surface area contributed by atoms with Crippen molar-refractivity contribution in [3.05, 3.63) is 57.4 Å². The summed E-state index contributed by atoms with van der Waals surface area (Å²) in [5, 5.41) is 3.53. The molecular formula is C23H35Br2NO6SSi. The van der Waals surface area contributed by atoms with Crippen molar-refractivity contribution in [3.63, 3.8) is 0 Å². The maximum absolute atomic E-state index is 11.7. The molecule has 1 aromatic carbocycles. The third kappa shape index (κ3) is 12.1. The van der Waals surface area contributed by atoms with Gasteiger partial charge in [0.1, 0.15) is 6.61 Å². The van der Waals surface area contributed by atoms with Crippen LogP contribution in [0.5, 0.6) is 0 Å². The Labute approximate surface area is 226 Å². The molecule has 1 amide bonds. The highest BCUT2D eigenvalue weighted by Crippen LogP contribution is 2.32. The Hall–Kier alpha value is -0.953. The first kappa shape index (κ1) is 31.1. The van der Waals surface area contributed by atoms with E-state index in [2.05, 4.69) is 37.2 Å². The van der Waals surface area contributed by atoms with Gasteiger partial charge in [-0.3, -0.25) is 4.79 Å². The van der Waals surface area contributed by atoms with Crippen LogP contribution in [0.25, 0.3) is 0 Å². The van der Waals surface area contributed by atoms with Gasteiger partial charge < -0.3 is 23.3 Å². The van der Waals surface area contributed by atoms with Gasteiger partial charge in [-0.05, 0) is 55.6 Å². The van der Waals surface area contributed by atoms with Gasteiger partial charge in [0.25, 0.3) is 0 Å². The smallest absolute Gasteiger partial charge is 0.445 e. The summed E-state index contributed by atoms with van der Waals surface area (Å²) in [4.78, 5) is 25.4. The van der Waals surface area contributed by atoms with Crippen molar-refractivity contribution in [2.75, 3.05) is 31.7 Å². The van der Waals surface area contributed by atoms with Crippen molar-refractivity contribution in [1.82, 2.24) is 5.32 Å². The van der Waals surface area contributed by atoms with Gasteiger partial charge in [0.15, 0.2) is 0 Å². The first-order chi connectivity index (χ1) is 16.4. The second-order valence-corrected chi connectivity index (χ2v) is 11.6. The molecule has 0 bridgehead atoms. The summed E-state index contributed by atoms with van der Waals surface area (Å²) >= 11 is 7.64. The summed E-state index contributed by atoms with van der Waals surface area (Å²) in [6.45, 7) is 8.21. The molecular weight excluding hydrogens is 606 g/mol. The molecule has 0 aromatic heterocycles. The van der Waals surface area contributed by atoms with Crippen LogP contribution in [0, 0.1) is 0 Å². The van der Waals surface area contributed by atoms with Gasteiger partial charge >= 0.3 is 14.9 Å². The fraction of sp³-hybridized carbons (Fsp3) is 0.478. The molecule has 34 heavy (non-hydrogen) atoms. The van der Waals surface area contributed by atoms with Crippen LogP contribution in [0.3, 0.4) is 0 Å². The number of carbonyl (C=O) groups is 2. The quantitative estimate of drug-likeness (QED) is 0.151. The molecule has 0 saturated heterocycles. The number of alkyl carbamates (subject to hydrolysis) is 1. The lowest BCUT2D eigenvalue weighted by Crippen LogP contribution is -2.46. The topological polar surface area (TPSA) is 83.1 Å². The zero-order valence-corrected chi connectivity index (χ0v) is 24.8. The van der Waals surface area contributed by atoms with E-state index >= 15 is 0 Å². The molecule has 1 aliphatic heterocycles. The van der Waals surface area contributed by atoms with E-state index in [1.54, 1.807) is 4.99 Å². The maximum Gasteiger partial charge on any atom is 0.500 e. The molecule has 1 aromatic rings. The lowest BCUT2D eigenvalue weighted by Gasteiger charge is -2.28. The van der Waals surface area contributed by atoms with E-state index in [9.17, 15) is 9.59 Å². The first-order valence-corrected chi connectivity index (χ1v) is 15.9. The molecule has 0 atom stereocenters. The van der Waals surface area contributed by atoms with E-state index in [-0.39, 0.29) is 13.1 Å². The van der Waals surface area contributed by atoms with E-state index in [1.807, 2.05) is 57.2 Å². The van der Waals surface area contributed by atoms with Crippen LogP contribution in [0.1, 0.15) is 34.2 Å². The summed E-state index contributed by atoms with van der Waals surface area (Å²) in [7, 11) is -2.63. The number of hydrogen-bond acceptors (Lipinski definition) is 7. The largest absolute Gasteiger partial charge is 0.500 e. The van der Waals surface area contributed by atoms with Crippen LogP contribution in [-0.2, 0) is 29.4 Å². The van der Waals surface area contributed by atoms with Crippen LogP contribution < -0.4 is 5.32 Å². The molecule has 0 radical (unpaired) electrons. The van der Waals surface area contributed by atoms with Crippen molar-refractivity contribution in [1.29, 1.82) is 0 Å².